The second kappa shape index (κ2) is 8.34. The van der Waals surface area contributed by atoms with Gasteiger partial charge >= 0.3 is 6.03 Å². The van der Waals surface area contributed by atoms with Gasteiger partial charge in [-0.05, 0) is 49.2 Å². The standard InChI is InChI=1S/C20H23N5O/c1-16(18-4-2-9-22-15-18)23-20(26)25-11-3-10-24(12-13-25)19-7-5-17(14-21)6-8-19/h2,4-9,15-16H,3,10-13H2,1H3,(H,23,26)/t16-/m0/s1. The predicted molar refractivity (Wildman–Crippen MR) is 101 cm³/mol. The lowest BCUT2D eigenvalue weighted by Gasteiger charge is -2.25. The van der Waals surface area contributed by atoms with Gasteiger partial charge in [0.15, 0.2) is 0 Å². The van der Waals surface area contributed by atoms with Crippen molar-refractivity contribution < 1.29 is 4.79 Å². The van der Waals surface area contributed by atoms with Crippen molar-refractivity contribution in [2.45, 2.75) is 19.4 Å². The molecule has 6 nitrogen and oxygen atoms in total. The fraction of sp³-hybridized carbons (Fsp3) is 0.350. The van der Waals surface area contributed by atoms with Gasteiger partial charge in [0.1, 0.15) is 0 Å². The van der Waals surface area contributed by atoms with E-state index in [1.807, 2.05) is 48.2 Å². The molecule has 1 aliphatic rings. The average molecular weight is 349 g/mol. The summed E-state index contributed by atoms with van der Waals surface area (Å²) in [6, 6.07) is 13.5. The van der Waals surface area contributed by atoms with E-state index in [9.17, 15) is 4.79 Å². The van der Waals surface area contributed by atoms with E-state index >= 15 is 0 Å². The lowest BCUT2D eigenvalue weighted by Crippen LogP contribution is -2.43. The van der Waals surface area contributed by atoms with Gasteiger partial charge in [-0.2, -0.15) is 5.26 Å². The lowest BCUT2D eigenvalue weighted by molar-refractivity contribution is 0.198. The first kappa shape index (κ1) is 17.7. The second-order valence-corrected chi connectivity index (χ2v) is 6.44. The zero-order chi connectivity index (χ0) is 18.4. The van der Waals surface area contributed by atoms with Crippen molar-refractivity contribution in [3.05, 3.63) is 59.9 Å². The van der Waals surface area contributed by atoms with Crippen LogP contribution >= 0.6 is 0 Å². The van der Waals surface area contributed by atoms with Gasteiger partial charge in [-0.3, -0.25) is 4.98 Å². The quantitative estimate of drug-likeness (QED) is 0.925. The summed E-state index contributed by atoms with van der Waals surface area (Å²) in [6.45, 7) is 5.05. The van der Waals surface area contributed by atoms with E-state index in [1.165, 1.54) is 0 Å². The van der Waals surface area contributed by atoms with Crippen LogP contribution in [0.4, 0.5) is 10.5 Å². The monoisotopic (exact) mass is 349 g/mol. The number of nitrogens with one attached hydrogen (secondary N) is 1. The molecule has 0 aliphatic carbocycles. The van der Waals surface area contributed by atoms with Gasteiger partial charge in [-0.15, -0.1) is 0 Å². The fourth-order valence-corrected chi connectivity index (χ4v) is 3.12. The summed E-state index contributed by atoms with van der Waals surface area (Å²) in [4.78, 5) is 20.8. The number of pyridine rings is 1. The first-order chi connectivity index (χ1) is 12.7. The van der Waals surface area contributed by atoms with E-state index < -0.39 is 0 Å². The Balaban J connectivity index is 1.57. The Hall–Kier alpha value is -3.07. The van der Waals surface area contributed by atoms with Crippen molar-refractivity contribution in [3.63, 3.8) is 0 Å². The number of benzene rings is 1. The highest BCUT2D eigenvalue weighted by molar-refractivity contribution is 5.74. The second-order valence-electron chi connectivity index (χ2n) is 6.44. The van der Waals surface area contributed by atoms with Crippen LogP contribution in [-0.4, -0.2) is 42.1 Å². The maximum atomic E-state index is 12.6. The van der Waals surface area contributed by atoms with Crippen molar-refractivity contribution in [2.75, 3.05) is 31.1 Å². The maximum absolute atomic E-state index is 12.6. The molecule has 0 saturated carbocycles. The number of hydrogen-bond acceptors (Lipinski definition) is 4. The predicted octanol–water partition coefficient (Wildman–Crippen LogP) is 2.94. The van der Waals surface area contributed by atoms with Crippen LogP contribution in [0.15, 0.2) is 48.8 Å². The molecule has 1 saturated heterocycles. The highest BCUT2D eigenvalue weighted by Gasteiger charge is 2.21. The van der Waals surface area contributed by atoms with E-state index in [2.05, 4.69) is 21.3 Å². The summed E-state index contributed by atoms with van der Waals surface area (Å²) >= 11 is 0. The number of hydrogen-bond donors (Lipinski definition) is 1. The van der Waals surface area contributed by atoms with Crippen LogP contribution < -0.4 is 10.2 Å². The van der Waals surface area contributed by atoms with Gasteiger partial charge in [0.25, 0.3) is 0 Å². The molecule has 0 radical (unpaired) electrons. The van der Waals surface area contributed by atoms with Gasteiger partial charge in [-0.1, -0.05) is 6.07 Å². The summed E-state index contributed by atoms with van der Waals surface area (Å²) in [5.41, 5.74) is 2.75. The van der Waals surface area contributed by atoms with Gasteiger partial charge in [-0.25, -0.2) is 4.79 Å². The maximum Gasteiger partial charge on any atom is 0.317 e. The van der Waals surface area contributed by atoms with Crippen molar-refractivity contribution in [1.29, 1.82) is 5.26 Å². The third-order valence-electron chi connectivity index (χ3n) is 4.67. The number of aromatic nitrogens is 1. The van der Waals surface area contributed by atoms with Crippen LogP contribution in [0.25, 0.3) is 0 Å². The van der Waals surface area contributed by atoms with Crippen molar-refractivity contribution in [3.8, 4) is 6.07 Å². The zero-order valence-corrected chi connectivity index (χ0v) is 14.9. The Morgan fingerprint density at radius 1 is 1.19 bits per heavy atom. The molecule has 0 unspecified atom stereocenters. The Bertz CT molecular complexity index is 769. The van der Waals surface area contributed by atoms with Crippen LogP contribution in [-0.2, 0) is 0 Å². The molecule has 1 aromatic carbocycles. The van der Waals surface area contributed by atoms with Gasteiger partial charge in [0.05, 0.1) is 17.7 Å². The van der Waals surface area contributed by atoms with E-state index in [0.717, 1.165) is 37.3 Å². The van der Waals surface area contributed by atoms with Crippen LogP contribution in [0.2, 0.25) is 0 Å². The summed E-state index contributed by atoms with van der Waals surface area (Å²) in [6.07, 6.45) is 4.42. The Morgan fingerprint density at radius 3 is 2.69 bits per heavy atom. The molecule has 2 amide bonds. The van der Waals surface area contributed by atoms with Crippen molar-refractivity contribution in [2.24, 2.45) is 0 Å². The van der Waals surface area contributed by atoms with Gasteiger partial charge in [0.2, 0.25) is 0 Å². The number of nitriles is 1. The summed E-state index contributed by atoms with van der Waals surface area (Å²) in [5, 5.41) is 12.0. The minimum absolute atomic E-state index is 0.0389. The van der Waals surface area contributed by atoms with E-state index in [4.69, 9.17) is 5.26 Å². The number of amides is 2. The number of carbonyl (C=O) groups is 1. The minimum Gasteiger partial charge on any atom is -0.370 e. The molecular weight excluding hydrogens is 326 g/mol. The van der Waals surface area contributed by atoms with E-state index in [1.54, 1.807) is 12.4 Å². The molecule has 3 rings (SSSR count). The van der Waals surface area contributed by atoms with Crippen molar-refractivity contribution >= 4 is 11.7 Å². The molecule has 1 aliphatic heterocycles. The molecule has 2 aromatic rings. The molecule has 26 heavy (non-hydrogen) atoms. The molecule has 134 valence electrons. The van der Waals surface area contributed by atoms with Crippen LogP contribution in [0.5, 0.6) is 0 Å². The molecule has 0 bridgehead atoms. The van der Waals surface area contributed by atoms with Gasteiger partial charge < -0.3 is 15.1 Å². The Kier molecular flexibility index (Phi) is 5.69. The number of rotatable bonds is 3. The van der Waals surface area contributed by atoms with Crippen LogP contribution in [0, 0.1) is 11.3 Å². The highest BCUT2D eigenvalue weighted by atomic mass is 16.2. The Morgan fingerprint density at radius 2 is 2.00 bits per heavy atom. The van der Waals surface area contributed by atoms with E-state index in [-0.39, 0.29) is 12.1 Å². The van der Waals surface area contributed by atoms with Crippen LogP contribution in [0.1, 0.15) is 30.5 Å². The third kappa shape index (κ3) is 4.31. The topological polar surface area (TPSA) is 72.3 Å². The first-order valence-corrected chi connectivity index (χ1v) is 8.88. The molecular formula is C20H23N5O. The molecule has 1 fully saturated rings. The zero-order valence-electron chi connectivity index (χ0n) is 14.9. The molecule has 6 heteroatoms. The SMILES string of the molecule is C[C@H](NC(=O)N1CCCN(c2ccc(C#N)cc2)CC1)c1cccnc1. The average Bonchev–Trinajstić information content (AvgIpc) is 2.95. The molecule has 1 N–H and O–H groups in total. The normalized spacial score (nSPS) is 15.7. The van der Waals surface area contributed by atoms with Gasteiger partial charge in [0, 0.05) is 44.3 Å². The molecule has 1 atom stereocenters. The number of nitrogens with zero attached hydrogens (tertiary/aromatic N) is 4. The third-order valence-corrected chi connectivity index (χ3v) is 4.67. The minimum atomic E-state index is -0.0749. The van der Waals surface area contributed by atoms with Crippen molar-refractivity contribution in [1.82, 2.24) is 15.2 Å². The highest BCUT2D eigenvalue weighted by Crippen LogP contribution is 2.18. The first-order valence-electron chi connectivity index (χ1n) is 8.88. The molecule has 0 spiro atoms. The largest absolute Gasteiger partial charge is 0.370 e. The summed E-state index contributed by atoms with van der Waals surface area (Å²) < 4.78 is 0. The summed E-state index contributed by atoms with van der Waals surface area (Å²) in [7, 11) is 0. The molecule has 1 aromatic heterocycles. The fourth-order valence-electron chi connectivity index (χ4n) is 3.12. The summed E-state index contributed by atoms with van der Waals surface area (Å²) in [5.74, 6) is 0. The smallest absolute Gasteiger partial charge is 0.317 e. The number of carbonyl (C=O) groups excluding carboxylic acids is 1. The number of anilines is 1. The van der Waals surface area contributed by atoms with Crippen LogP contribution in [0.3, 0.4) is 0 Å². The molecule has 2 heterocycles. The van der Waals surface area contributed by atoms with E-state index in [0.29, 0.717) is 12.1 Å². The lowest BCUT2D eigenvalue weighted by atomic mass is 10.1. The Labute approximate surface area is 154 Å². The number of urea groups is 1.